The lowest BCUT2D eigenvalue weighted by atomic mass is 10.0. The zero-order valence-electron chi connectivity index (χ0n) is 57.1. The number of hydrogen-bond donors (Lipinski definition) is 7. The molecule has 8 aromatic rings. The maximum absolute atomic E-state index is 13.5. The summed E-state index contributed by atoms with van der Waals surface area (Å²) in [7, 11) is 12.4. The number of alkyl halides is 9. The highest BCUT2D eigenvalue weighted by molar-refractivity contribution is 14.1. The maximum atomic E-state index is 13.5. The number of rotatable bonds is 15. The van der Waals surface area contributed by atoms with Gasteiger partial charge in [-0.3, -0.25) is 14.4 Å². The van der Waals surface area contributed by atoms with Crippen molar-refractivity contribution in [1.82, 2.24) is 39.0 Å². The first kappa shape index (κ1) is 80.1. The number of amides is 2. The van der Waals surface area contributed by atoms with Crippen LogP contribution in [-0.4, -0.2) is 178 Å². The van der Waals surface area contributed by atoms with E-state index in [-0.39, 0.29) is 24.4 Å². The number of piperidine rings is 3. The van der Waals surface area contributed by atoms with Crippen LogP contribution < -0.4 is 47.1 Å². The number of nitrogen functional groups attached to an aromatic ring is 1. The van der Waals surface area contributed by atoms with Crippen molar-refractivity contribution in [3.63, 3.8) is 0 Å². The highest BCUT2D eigenvalue weighted by Crippen LogP contribution is 2.35. The van der Waals surface area contributed by atoms with Crippen LogP contribution in [0.1, 0.15) is 64.9 Å². The van der Waals surface area contributed by atoms with Crippen molar-refractivity contribution in [2.24, 2.45) is 0 Å². The van der Waals surface area contributed by atoms with E-state index in [0.717, 1.165) is 106 Å². The van der Waals surface area contributed by atoms with E-state index in [1.165, 1.54) is 20.8 Å². The van der Waals surface area contributed by atoms with Crippen LogP contribution in [-0.2, 0) is 24.4 Å². The van der Waals surface area contributed by atoms with Crippen LogP contribution in [0.25, 0.3) is 32.7 Å². The van der Waals surface area contributed by atoms with Gasteiger partial charge in [0.1, 0.15) is 36.9 Å². The molecule has 3 aromatic heterocycles. The molecule has 11 rings (SSSR count). The fourth-order valence-corrected chi connectivity index (χ4v) is 13.0. The van der Waals surface area contributed by atoms with Gasteiger partial charge in [-0.2, -0.15) is 39.5 Å². The van der Waals surface area contributed by atoms with Gasteiger partial charge in [-0.25, -0.2) is 0 Å². The van der Waals surface area contributed by atoms with E-state index >= 15 is 0 Å². The zero-order chi connectivity index (χ0) is 73.8. The van der Waals surface area contributed by atoms with Gasteiger partial charge in [0.25, 0.3) is 11.8 Å². The summed E-state index contributed by atoms with van der Waals surface area (Å²) in [5, 5.41) is 20.5. The van der Waals surface area contributed by atoms with Crippen molar-refractivity contribution >= 4 is 124 Å². The van der Waals surface area contributed by atoms with Crippen molar-refractivity contribution < 1.29 is 63.4 Å². The molecule has 0 spiro atoms. The molecule has 3 aliphatic heterocycles. The molecule has 3 saturated heterocycles. The van der Waals surface area contributed by atoms with Crippen LogP contribution in [0.5, 0.6) is 11.5 Å². The Labute approximate surface area is 609 Å². The summed E-state index contributed by atoms with van der Waals surface area (Å²) in [6, 6.07) is 31.8. The fourth-order valence-electron chi connectivity index (χ4n) is 11.5. The van der Waals surface area contributed by atoms with E-state index in [1.54, 1.807) is 106 Å². The Morgan fingerprint density at radius 3 is 1.37 bits per heavy atom. The number of likely N-dealkylation sites (tertiary alicyclic amines) is 3. The molecule has 0 radical (unpaired) electrons. The van der Waals surface area contributed by atoms with Gasteiger partial charge >= 0.3 is 18.5 Å². The number of nitrogens with two attached hydrogens (primary N) is 1. The first-order chi connectivity index (χ1) is 47.9. The minimum Gasteiger partial charge on any atom is -0.495 e. The van der Waals surface area contributed by atoms with Gasteiger partial charge in [-0.05, 0) is 215 Å². The summed E-state index contributed by atoms with van der Waals surface area (Å²) in [5.74, 6) is 9.41. The number of fused-ring (bicyclic) bond motifs is 3. The Kier molecular flexibility index (Phi) is 29.4. The van der Waals surface area contributed by atoms with Crippen LogP contribution in [0.4, 0.5) is 68.0 Å². The summed E-state index contributed by atoms with van der Waals surface area (Å²) < 4.78 is 131. The molecule has 0 unspecified atom stereocenters. The Morgan fingerprint density at radius 2 is 0.941 bits per heavy atom. The van der Waals surface area contributed by atoms with Crippen LogP contribution >= 0.6 is 45.2 Å². The number of terminal acetylenes is 1. The third-order valence-corrected chi connectivity index (χ3v) is 18.6. The predicted molar refractivity (Wildman–Crippen MR) is 399 cm³/mol. The Bertz CT molecular complexity index is 4200. The molecule has 3 fully saturated rings. The van der Waals surface area contributed by atoms with Crippen molar-refractivity contribution in [2.45, 2.75) is 88.8 Å². The number of anilines is 5. The van der Waals surface area contributed by atoms with Gasteiger partial charge in [-0.15, -0.1) is 6.42 Å². The molecule has 3 aliphatic rings. The average molecular weight is 1640 g/mol. The molecule has 0 bridgehead atoms. The highest BCUT2D eigenvalue weighted by atomic mass is 127. The van der Waals surface area contributed by atoms with Gasteiger partial charge in [0.05, 0.1) is 68.3 Å². The van der Waals surface area contributed by atoms with Crippen LogP contribution in [0.3, 0.4) is 0 Å². The van der Waals surface area contributed by atoms with E-state index in [2.05, 4.69) is 78.5 Å². The third kappa shape index (κ3) is 23.9. The topological polar surface area (TPSA) is 192 Å². The van der Waals surface area contributed by atoms with Crippen LogP contribution in [0.15, 0.2) is 109 Å². The number of ether oxygens (including phenoxy) is 2. The third-order valence-electron chi connectivity index (χ3n) is 16.8. The second-order valence-electron chi connectivity index (χ2n) is 24.3. The molecule has 2 amide bonds. The molecule has 101 heavy (non-hydrogen) atoms. The monoisotopic (exact) mass is 1640 g/mol. The lowest BCUT2D eigenvalue weighted by Crippen LogP contribution is -2.36. The Balaban J connectivity index is 0.000000193. The number of benzene rings is 5. The summed E-state index contributed by atoms with van der Waals surface area (Å²) in [5.41, 5.74) is 12.3. The van der Waals surface area contributed by atoms with Gasteiger partial charge in [0.2, 0.25) is 0 Å². The molecule has 8 N–H and O–H groups in total. The molecule has 0 saturated carbocycles. The number of hydrogen-bond acceptors (Lipinski definition) is 13. The minimum atomic E-state index is -4.39. The SMILES string of the molecule is C#CCNc1ccc(C(=O)NC)cc1OC.CN1CCC(=O)CC1.CN1CCC(Nc2cccc3c2cc(I)n3CC(F)(F)F)CC1.CNC(=O)c1ccc(NCC#Cc2cc3c(NC4CCN(C)CC4)cccc3n2CC(F)(F)F)c(OC)c1.Nc1cccc2c1cc(I)n2CC(F)(F)F. The molecular formula is C72H84F9I2N13O5. The van der Waals surface area contributed by atoms with E-state index in [0.29, 0.717) is 87.4 Å². The molecular weight excluding hydrogens is 1550 g/mol. The van der Waals surface area contributed by atoms with Crippen LogP contribution in [0.2, 0.25) is 0 Å². The normalized spacial score (nSPS) is 14.8. The standard InChI is InChI=1S/C28H32F3N5O2.C16H19F3IN3.C12H14N2O2.C10H8F3IN2.C6H11NO/c1-32-27(37)19-9-10-24(26(16-19)38-3)33-13-5-6-21-17-22-23(34-20-11-14-35(2)15-12-20)7-4-8-25(22)36(21)18-28(29,30)31;1-22-7-5-11(6-8-22)21-13-3-2-4-14-12(13)9-15(20)23(14)10-16(17,18)19;1-4-7-14-10-6-5-9(12(15)13-2)8-11(10)16-3;11-10(12,13)5-16-8-3-1-2-7(15)6(8)4-9(16)14;1-7-4-2-6(8)3-5-7/h4,7-10,16-17,20,33-34H,11-15,18H2,1-3H3,(H,32,37);2-4,9,11,21H,5-8,10H2,1H3;1,5-6,8,14H,7H2,2-3H3,(H,13,15);1-4H,5,15H2;2-5H2,1H3. The Morgan fingerprint density at radius 1 is 0.545 bits per heavy atom. The molecule has 0 atom stereocenters. The predicted octanol–water partition coefficient (Wildman–Crippen LogP) is 13.6. The fraction of sp³-hybridized carbons (Fsp3) is 0.403. The second kappa shape index (κ2) is 37.1. The lowest BCUT2D eigenvalue weighted by Gasteiger charge is -2.30. The van der Waals surface area contributed by atoms with Crippen molar-refractivity contribution in [3.05, 3.63) is 133 Å². The van der Waals surface area contributed by atoms with E-state index in [9.17, 15) is 53.9 Å². The lowest BCUT2D eigenvalue weighted by molar-refractivity contribution is -0.141. The number of carbonyl (C=O) groups excluding carboxylic acids is 3. The van der Waals surface area contributed by atoms with E-state index in [4.69, 9.17) is 21.6 Å². The van der Waals surface area contributed by atoms with Gasteiger partial charge in [-0.1, -0.05) is 30.0 Å². The van der Waals surface area contributed by atoms with Crippen LogP contribution in [0, 0.1) is 31.6 Å². The van der Waals surface area contributed by atoms with Gasteiger partial charge in [0, 0.05) is 96.5 Å². The maximum Gasteiger partial charge on any atom is 0.406 e. The van der Waals surface area contributed by atoms with Crippen molar-refractivity contribution in [2.75, 3.05) is 129 Å². The molecule has 5 aromatic carbocycles. The molecule has 0 aliphatic carbocycles. The number of nitrogens with zero attached hydrogens (tertiary/aromatic N) is 6. The number of halogens is 11. The summed E-state index contributed by atoms with van der Waals surface area (Å²) in [6.45, 7) is 3.47. The quantitative estimate of drug-likeness (QED) is 0.0222. The average Bonchev–Trinajstić information content (AvgIpc) is 1.65. The number of Topliss-reactive ketones (excluding diaryl/α,β-unsaturated/α-hetero) is 1. The number of aromatic nitrogens is 3. The molecule has 29 heteroatoms. The van der Waals surface area contributed by atoms with E-state index in [1.807, 2.05) is 76.5 Å². The molecule has 6 heterocycles. The van der Waals surface area contributed by atoms with Crippen molar-refractivity contribution in [1.29, 1.82) is 0 Å². The summed E-state index contributed by atoms with van der Waals surface area (Å²) in [4.78, 5) is 40.6. The number of carbonyl (C=O) groups is 3. The summed E-state index contributed by atoms with van der Waals surface area (Å²) in [6.07, 6.45) is -2.12. The van der Waals surface area contributed by atoms with E-state index < -0.39 is 38.2 Å². The Hall–Kier alpha value is -8.24. The molecule has 544 valence electrons. The summed E-state index contributed by atoms with van der Waals surface area (Å²) >= 11 is 3.85. The first-order valence-electron chi connectivity index (χ1n) is 32.4. The number of methoxy groups -OCH3 is 2. The second-order valence-corrected chi connectivity index (χ2v) is 26.5. The number of nitrogens with one attached hydrogen (secondary N) is 6. The molecule has 18 nitrogen and oxygen atoms in total. The largest absolute Gasteiger partial charge is 0.495 e. The highest BCUT2D eigenvalue weighted by Gasteiger charge is 2.33. The van der Waals surface area contributed by atoms with Gasteiger partial charge < -0.3 is 75.5 Å². The van der Waals surface area contributed by atoms with Crippen molar-refractivity contribution in [3.8, 4) is 35.7 Å². The smallest absolute Gasteiger partial charge is 0.406 e. The minimum absolute atomic E-state index is 0.151. The first-order valence-corrected chi connectivity index (χ1v) is 34.5. The number of ketones is 1. The van der Waals surface area contributed by atoms with Gasteiger partial charge in [0.15, 0.2) is 0 Å². The zero-order valence-corrected chi connectivity index (χ0v) is 61.4.